The molecule has 2 N–H and O–H groups in total. The molecule has 0 radical (unpaired) electrons. The molecule has 1 fully saturated rings. The minimum Gasteiger partial charge on any atom is -0.369 e. The quantitative estimate of drug-likeness (QED) is 0.808. The van der Waals surface area contributed by atoms with E-state index in [4.69, 9.17) is 0 Å². The monoisotopic (exact) mass is 313 g/mol. The number of rotatable bonds is 7. The third kappa shape index (κ3) is 3.55. The first-order valence-electron chi connectivity index (χ1n) is 6.40. The van der Waals surface area contributed by atoms with Gasteiger partial charge in [-0.05, 0) is 42.7 Å². The zero-order chi connectivity index (χ0) is 13.0. The van der Waals surface area contributed by atoms with Crippen molar-refractivity contribution in [2.24, 2.45) is 0 Å². The van der Waals surface area contributed by atoms with Crippen LogP contribution in [0.15, 0.2) is 10.8 Å². The first-order chi connectivity index (χ1) is 8.72. The molecule has 1 heterocycles. The van der Waals surface area contributed by atoms with Gasteiger partial charge in [0.15, 0.2) is 0 Å². The van der Waals surface area contributed by atoms with E-state index in [2.05, 4.69) is 48.5 Å². The normalized spacial score (nSPS) is 14.9. The van der Waals surface area contributed by atoms with Crippen LogP contribution in [-0.4, -0.2) is 47.6 Å². The number of nitrogens with zero attached hydrogens (tertiary/aromatic N) is 3. The molecular weight excluding hydrogens is 294 g/mol. The molecule has 1 aliphatic carbocycles. The molecule has 100 valence electrons. The van der Waals surface area contributed by atoms with Gasteiger partial charge in [-0.1, -0.05) is 0 Å². The number of aromatic nitrogens is 2. The Balaban J connectivity index is 1.86. The van der Waals surface area contributed by atoms with Gasteiger partial charge in [-0.3, -0.25) is 0 Å². The highest BCUT2D eigenvalue weighted by atomic mass is 79.9. The van der Waals surface area contributed by atoms with Crippen molar-refractivity contribution in [3.05, 3.63) is 10.8 Å². The number of likely N-dealkylation sites (N-methyl/N-ethyl adjacent to an activating group) is 1. The van der Waals surface area contributed by atoms with Crippen molar-refractivity contribution in [2.45, 2.75) is 25.8 Å². The van der Waals surface area contributed by atoms with E-state index in [-0.39, 0.29) is 0 Å². The lowest BCUT2D eigenvalue weighted by atomic mass is 10.4. The van der Waals surface area contributed by atoms with Crippen molar-refractivity contribution in [1.82, 2.24) is 14.9 Å². The van der Waals surface area contributed by atoms with Gasteiger partial charge in [-0.25, -0.2) is 9.97 Å². The van der Waals surface area contributed by atoms with E-state index >= 15 is 0 Å². The summed E-state index contributed by atoms with van der Waals surface area (Å²) < 4.78 is 0.904. The van der Waals surface area contributed by atoms with Gasteiger partial charge in [0.05, 0.1) is 0 Å². The highest BCUT2D eigenvalue weighted by Crippen LogP contribution is 2.27. The Morgan fingerprint density at radius 2 is 2.00 bits per heavy atom. The van der Waals surface area contributed by atoms with Crippen LogP contribution >= 0.6 is 15.9 Å². The van der Waals surface area contributed by atoms with Crippen LogP contribution < -0.4 is 10.6 Å². The third-order valence-electron chi connectivity index (χ3n) is 3.06. The molecule has 0 amide bonds. The smallest absolute Gasteiger partial charge is 0.145 e. The number of anilines is 2. The molecule has 2 rings (SSSR count). The van der Waals surface area contributed by atoms with E-state index in [0.29, 0.717) is 0 Å². The summed E-state index contributed by atoms with van der Waals surface area (Å²) in [5, 5.41) is 6.54. The molecule has 0 spiro atoms. The van der Waals surface area contributed by atoms with Crippen LogP contribution in [0.3, 0.4) is 0 Å². The predicted octanol–water partition coefficient (Wildman–Crippen LogP) is 2.18. The van der Waals surface area contributed by atoms with Crippen molar-refractivity contribution in [3.63, 3.8) is 0 Å². The first kappa shape index (κ1) is 13.5. The lowest BCUT2D eigenvalue weighted by molar-refractivity contribution is 0.337. The second kappa shape index (κ2) is 6.33. The van der Waals surface area contributed by atoms with E-state index in [1.54, 1.807) is 6.33 Å². The number of nitrogens with one attached hydrogen (secondary N) is 2. The third-order valence-corrected chi connectivity index (χ3v) is 3.81. The maximum absolute atomic E-state index is 4.25. The van der Waals surface area contributed by atoms with Gasteiger partial charge in [0.1, 0.15) is 22.4 Å². The van der Waals surface area contributed by atoms with Crippen LogP contribution in [0.4, 0.5) is 11.6 Å². The van der Waals surface area contributed by atoms with Gasteiger partial charge in [-0.15, -0.1) is 0 Å². The molecule has 0 bridgehead atoms. The Labute approximate surface area is 117 Å². The summed E-state index contributed by atoms with van der Waals surface area (Å²) in [5.74, 6) is 1.69. The molecule has 18 heavy (non-hydrogen) atoms. The van der Waals surface area contributed by atoms with Crippen LogP contribution in [0.5, 0.6) is 0 Å². The summed E-state index contributed by atoms with van der Waals surface area (Å²) in [6.07, 6.45) is 4.27. The van der Waals surface area contributed by atoms with Gasteiger partial charge < -0.3 is 15.5 Å². The Morgan fingerprint density at radius 3 is 2.61 bits per heavy atom. The summed E-state index contributed by atoms with van der Waals surface area (Å²) in [6.45, 7) is 4.83. The van der Waals surface area contributed by atoms with E-state index in [9.17, 15) is 0 Å². The predicted molar refractivity (Wildman–Crippen MR) is 78.0 cm³/mol. The molecule has 1 aromatic rings. The number of hydrogen-bond acceptors (Lipinski definition) is 5. The molecule has 1 aliphatic rings. The molecule has 0 atom stereocenters. The van der Waals surface area contributed by atoms with E-state index in [1.807, 2.05) is 6.92 Å². The molecule has 0 unspecified atom stereocenters. The van der Waals surface area contributed by atoms with Crippen molar-refractivity contribution in [1.29, 1.82) is 0 Å². The largest absolute Gasteiger partial charge is 0.369 e. The SMILES string of the molecule is CCNc1ncnc(NCCN(C)C2CC2)c1Br. The topological polar surface area (TPSA) is 53.1 Å². The average Bonchev–Trinajstić information content (AvgIpc) is 3.18. The fourth-order valence-corrected chi connectivity index (χ4v) is 2.32. The highest BCUT2D eigenvalue weighted by molar-refractivity contribution is 9.10. The average molecular weight is 314 g/mol. The van der Waals surface area contributed by atoms with Crippen molar-refractivity contribution < 1.29 is 0 Å². The van der Waals surface area contributed by atoms with Gasteiger partial charge in [0, 0.05) is 25.7 Å². The van der Waals surface area contributed by atoms with Crippen molar-refractivity contribution in [3.8, 4) is 0 Å². The Hall–Kier alpha value is -0.880. The number of halogens is 1. The van der Waals surface area contributed by atoms with E-state index < -0.39 is 0 Å². The van der Waals surface area contributed by atoms with Crippen LogP contribution in [0.25, 0.3) is 0 Å². The fourth-order valence-electron chi connectivity index (χ4n) is 1.83. The molecule has 1 aromatic heterocycles. The first-order valence-corrected chi connectivity index (χ1v) is 7.20. The molecular formula is C12H20BrN5. The summed E-state index contributed by atoms with van der Waals surface area (Å²) in [6, 6.07) is 0.804. The van der Waals surface area contributed by atoms with Gasteiger partial charge in [0.25, 0.3) is 0 Å². The molecule has 1 saturated carbocycles. The summed E-state index contributed by atoms with van der Waals surface area (Å²) in [7, 11) is 2.18. The maximum Gasteiger partial charge on any atom is 0.145 e. The second-order valence-corrected chi connectivity index (χ2v) is 5.35. The van der Waals surface area contributed by atoms with E-state index in [1.165, 1.54) is 12.8 Å². The van der Waals surface area contributed by atoms with Gasteiger partial charge >= 0.3 is 0 Å². The van der Waals surface area contributed by atoms with Crippen LogP contribution in [0.2, 0.25) is 0 Å². The molecule has 0 saturated heterocycles. The zero-order valence-corrected chi connectivity index (χ0v) is 12.5. The molecule has 0 aliphatic heterocycles. The van der Waals surface area contributed by atoms with Crippen LogP contribution in [0, 0.1) is 0 Å². The summed E-state index contributed by atoms with van der Waals surface area (Å²) in [5.41, 5.74) is 0. The second-order valence-electron chi connectivity index (χ2n) is 4.55. The van der Waals surface area contributed by atoms with Gasteiger partial charge in [-0.2, -0.15) is 0 Å². The summed E-state index contributed by atoms with van der Waals surface area (Å²) in [4.78, 5) is 10.8. The van der Waals surface area contributed by atoms with Crippen molar-refractivity contribution in [2.75, 3.05) is 37.3 Å². The lowest BCUT2D eigenvalue weighted by Gasteiger charge is -2.16. The van der Waals surface area contributed by atoms with Gasteiger partial charge in [0.2, 0.25) is 0 Å². The van der Waals surface area contributed by atoms with Crippen LogP contribution in [-0.2, 0) is 0 Å². The minimum absolute atomic E-state index is 0.804. The lowest BCUT2D eigenvalue weighted by Crippen LogP contribution is -2.27. The maximum atomic E-state index is 4.25. The highest BCUT2D eigenvalue weighted by Gasteiger charge is 2.25. The fraction of sp³-hybridized carbons (Fsp3) is 0.667. The minimum atomic E-state index is 0.804. The van der Waals surface area contributed by atoms with Crippen molar-refractivity contribution >= 4 is 27.6 Å². The molecule has 6 heteroatoms. The Bertz CT molecular complexity index is 394. The molecule has 5 nitrogen and oxygen atoms in total. The Morgan fingerprint density at radius 1 is 1.33 bits per heavy atom. The van der Waals surface area contributed by atoms with Crippen LogP contribution in [0.1, 0.15) is 19.8 Å². The summed E-state index contributed by atoms with van der Waals surface area (Å²) >= 11 is 3.53. The number of hydrogen-bond donors (Lipinski definition) is 2. The zero-order valence-electron chi connectivity index (χ0n) is 10.9. The Kier molecular flexibility index (Phi) is 4.77. The van der Waals surface area contributed by atoms with E-state index in [0.717, 1.165) is 41.8 Å². The standard InChI is InChI=1S/C12H20BrN5/c1-3-14-11-10(13)12(17-8-16-11)15-6-7-18(2)9-4-5-9/h8-9H,3-7H2,1-2H3,(H2,14,15,16,17). The molecule has 0 aromatic carbocycles.